The highest BCUT2D eigenvalue weighted by Crippen LogP contribution is 2.31. The van der Waals surface area contributed by atoms with Crippen LogP contribution in [0.3, 0.4) is 0 Å². The van der Waals surface area contributed by atoms with E-state index in [2.05, 4.69) is 46.6 Å². The van der Waals surface area contributed by atoms with Gasteiger partial charge in [-0.2, -0.15) is 5.10 Å². The van der Waals surface area contributed by atoms with Gasteiger partial charge in [0.2, 0.25) is 0 Å². The summed E-state index contributed by atoms with van der Waals surface area (Å²) in [5.41, 5.74) is 4.52. The van der Waals surface area contributed by atoms with Crippen LogP contribution in [0.4, 0.5) is 0 Å². The van der Waals surface area contributed by atoms with E-state index in [-0.39, 0.29) is 12.5 Å². The number of aryl methyl sites for hydroxylation is 2. The minimum Gasteiger partial charge on any atom is -0.482 e. The molecule has 0 amide bonds. The number of benzene rings is 2. The number of unbranched alkanes of at least 4 members (excludes halogenated alkanes) is 1. The van der Waals surface area contributed by atoms with Crippen molar-refractivity contribution in [3.63, 3.8) is 0 Å². The Morgan fingerprint density at radius 2 is 1.70 bits per heavy atom. The molecule has 2 aromatic heterocycles. The van der Waals surface area contributed by atoms with Gasteiger partial charge in [-0.25, -0.2) is 4.79 Å². The maximum atomic E-state index is 10.8. The number of carboxylic acid groups (broad SMARTS) is 1. The van der Waals surface area contributed by atoms with E-state index in [1.54, 1.807) is 6.20 Å². The first-order valence-electron chi connectivity index (χ1n) is 11.1. The molecule has 6 nitrogen and oxygen atoms in total. The first-order chi connectivity index (χ1) is 16.2. The molecule has 4 aromatic rings. The van der Waals surface area contributed by atoms with E-state index in [9.17, 15) is 4.79 Å². The van der Waals surface area contributed by atoms with Gasteiger partial charge in [0, 0.05) is 36.6 Å². The fraction of sp³-hybridized carbons (Fsp3) is 0.222. The Hall–Kier alpha value is -3.93. The number of para-hydroxylation sites is 1. The number of aromatic nitrogens is 3. The van der Waals surface area contributed by atoms with Crippen molar-refractivity contribution < 1.29 is 14.6 Å². The van der Waals surface area contributed by atoms with Crippen molar-refractivity contribution in [1.82, 2.24) is 14.8 Å². The SMILES string of the molecule is O=C(O)COc1ccccc1CCCCn1cc(C(c2ccccc2)c2cccnc2)cn1. The highest BCUT2D eigenvalue weighted by molar-refractivity contribution is 5.68. The standard InChI is InChI=1S/C27H27N3O3/c31-26(32)20-33-25-14-5-4-9-21(25)10-6-7-16-30-19-24(18-29-30)27(22-11-2-1-3-12-22)23-13-8-15-28-17-23/h1-5,8-9,11-15,17-19,27H,6-7,10,16,20H2,(H,31,32). The molecule has 6 heteroatoms. The molecule has 1 unspecified atom stereocenters. The second-order valence-electron chi connectivity index (χ2n) is 7.91. The Morgan fingerprint density at radius 1 is 0.909 bits per heavy atom. The molecule has 0 radical (unpaired) electrons. The third-order valence-electron chi connectivity index (χ3n) is 5.54. The van der Waals surface area contributed by atoms with E-state index < -0.39 is 5.97 Å². The van der Waals surface area contributed by atoms with Crippen LogP contribution in [0.15, 0.2) is 91.5 Å². The Balaban J connectivity index is 1.38. The van der Waals surface area contributed by atoms with E-state index in [4.69, 9.17) is 9.84 Å². The summed E-state index contributed by atoms with van der Waals surface area (Å²) in [5.74, 6) is -0.241. The molecule has 4 rings (SSSR count). The number of nitrogens with zero attached hydrogens (tertiary/aromatic N) is 3. The third-order valence-corrected chi connectivity index (χ3v) is 5.54. The van der Waals surface area contributed by atoms with Gasteiger partial charge in [0.25, 0.3) is 0 Å². The van der Waals surface area contributed by atoms with Gasteiger partial charge in [0.05, 0.1) is 6.20 Å². The lowest BCUT2D eigenvalue weighted by Gasteiger charge is -2.16. The van der Waals surface area contributed by atoms with Crippen LogP contribution >= 0.6 is 0 Å². The highest BCUT2D eigenvalue weighted by Gasteiger charge is 2.18. The molecule has 0 fully saturated rings. The van der Waals surface area contributed by atoms with Crippen LogP contribution in [0, 0.1) is 0 Å². The summed E-state index contributed by atoms with van der Waals surface area (Å²) < 4.78 is 7.40. The second-order valence-corrected chi connectivity index (χ2v) is 7.91. The van der Waals surface area contributed by atoms with Gasteiger partial charge in [0.1, 0.15) is 5.75 Å². The average molecular weight is 442 g/mol. The van der Waals surface area contributed by atoms with E-state index in [0.29, 0.717) is 5.75 Å². The molecule has 2 aromatic carbocycles. The molecule has 0 spiro atoms. The van der Waals surface area contributed by atoms with Crippen molar-refractivity contribution in [2.45, 2.75) is 31.7 Å². The van der Waals surface area contributed by atoms with E-state index in [1.807, 2.05) is 53.5 Å². The number of hydrogen-bond acceptors (Lipinski definition) is 4. The molecule has 0 bridgehead atoms. The fourth-order valence-electron chi connectivity index (χ4n) is 4.00. The Kier molecular flexibility index (Phi) is 7.48. The van der Waals surface area contributed by atoms with Crippen LogP contribution in [0.2, 0.25) is 0 Å². The summed E-state index contributed by atoms with van der Waals surface area (Å²) in [6.45, 7) is 0.485. The van der Waals surface area contributed by atoms with Crippen molar-refractivity contribution in [3.8, 4) is 5.75 Å². The molecule has 1 N–H and O–H groups in total. The second kappa shape index (κ2) is 11.1. The molecule has 0 aliphatic heterocycles. The minimum atomic E-state index is -0.973. The van der Waals surface area contributed by atoms with Crippen LogP contribution in [0.5, 0.6) is 5.75 Å². The summed E-state index contributed by atoms with van der Waals surface area (Å²) in [6, 6.07) is 22.1. The molecule has 0 saturated heterocycles. The van der Waals surface area contributed by atoms with Gasteiger partial charge in [-0.3, -0.25) is 9.67 Å². The molecule has 168 valence electrons. The summed E-state index contributed by atoms with van der Waals surface area (Å²) in [7, 11) is 0. The zero-order valence-electron chi connectivity index (χ0n) is 18.4. The Labute approximate surface area is 193 Å². The maximum Gasteiger partial charge on any atom is 0.341 e. The molecule has 0 saturated carbocycles. The van der Waals surface area contributed by atoms with Crippen molar-refractivity contribution in [2.24, 2.45) is 0 Å². The summed E-state index contributed by atoms with van der Waals surface area (Å²) in [4.78, 5) is 15.1. The van der Waals surface area contributed by atoms with E-state index in [1.165, 1.54) is 5.56 Å². The first-order valence-corrected chi connectivity index (χ1v) is 11.1. The normalized spacial score (nSPS) is 11.8. The van der Waals surface area contributed by atoms with Crippen molar-refractivity contribution >= 4 is 5.97 Å². The highest BCUT2D eigenvalue weighted by atomic mass is 16.5. The first kappa shape index (κ1) is 22.3. The monoisotopic (exact) mass is 441 g/mol. The quantitative estimate of drug-likeness (QED) is 0.334. The lowest BCUT2D eigenvalue weighted by Crippen LogP contribution is -2.10. The molecular formula is C27H27N3O3. The molecule has 0 aliphatic rings. The van der Waals surface area contributed by atoms with E-state index in [0.717, 1.165) is 42.5 Å². The number of hydrogen-bond donors (Lipinski definition) is 1. The zero-order valence-corrected chi connectivity index (χ0v) is 18.4. The molecule has 0 aliphatic carbocycles. The van der Waals surface area contributed by atoms with Crippen LogP contribution in [-0.2, 0) is 17.8 Å². The van der Waals surface area contributed by atoms with Gasteiger partial charge in [-0.1, -0.05) is 54.6 Å². The molecular weight excluding hydrogens is 414 g/mol. The van der Waals surface area contributed by atoms with Gasteiger partial charge < -0.3 is 9.84 Å². The number of pyridine rings is 1. The minimum absolute atomic E-state index is 0.0897. The topological polar surface area (TPSA) is 77.2 Å². The van der Waals surface area contributed by atoms with Crippen molar-refractivity contribution in [1.29, 1.82) is 0 Å². The summed E-state index contributed by atoms with van der Waals surface area (Å²) >= 11 is 0. The Morgan fingerprint density at radius 3 is 2.48 bits per heavy atom. The van der Waals surface area contributed by atoms with Crippen LogP contribution < -0.4 is 4.74 Å². The Bertz CT molecular complexity index is 1120. The predicted octanol–water partition coefficient (Wildman–Crippen LogP) is 4.94. The van der Waals surface area contributed by atoms with Gasteiger partial charge in [-0.15, -0.1) is 0 Å². The number of ether oxygens (including phenoxy) is 1. The van der Waals surface area contributed by atoms with Gasteiger partial charge in [0.15, 0.2) is 6.61 Å². The van der Waals surface area contributed by atoms with Gasteiger partial charge in [-0.05, 0) is 48.1 Å². The number of carboxylic acids is 1. The van der Waals surface area contributed by atoms with Crippen molar-refractivity contribution in [2.75, 3.05) is 6.61 Å². The average Bonchev–Trinajstić information content (AvgIpc) is 3.31. The smallest absolute Gasteiger partial charge is 0.341 e. The largest absolute Gasteiger partial charge is 0.482 e. The number of carbonyl (C=O) groups is 1. The molecule has 1 atom stereocenters. The fourth-order valence-corrected chi connectivity index (χ4v) is 4.00. The van der Waals surface area contributed by atoms with Crippen LogP contribution in [-0.4, -0.2) is 32.4 Å². The number of aliphatic carboxylic acids is 1. The maximum absolute atomic E-state index is 10.8. The van der Waals surface area contributed by atoms with Crippen molar-refractivity contribution in [3.05, 3.63) is 114 Å². The summed E-state index contributed by atoms with van der Waals surface area (Å²) in [5, 5.41) is 13.5. The van der Waals surface area contributed by atoms with Crippen LogP contribution in [0.25, 0.3) is 0 Å². The number of rotatable bonds is 11. The lowest BCUT2D eigenvalue weighted by atomic mass is 9.88. The zero-order chi connectivity index (χ0) is 22.9. The third kappa shape index (κ3) is 6.07. The summed E-state index contributed by atoms with van der Waals surface area (Å²) in [6.07, 6.45) is 10.5. The molecule has 2 heterocycles. The molecule has 33 heavy (non-hydrogen) atoms. The van der Waals surface area contributed by atoms with Gasteiger partial charge >= 0.3 is 5.97 Å². The predicted molar refractivity (Wildman–Crippen MR) is 126 cm³/mol. The van der Waals surface area contributed by atoms with E-state index >= 15 is 0 Å². The van der Waals surface area contributed by atoms with Crippen LogP contribution in [0.1, 0.15) is 41.0 Å². The lowest BCUT2D eigenvalue weighted by molar-refractivity contribution is -0.139.